The van der Waals surface area contributed by atoms with Crippen LogP contribution in [0.4, 0.5) is 0 Å². The molecule has 1 heterocycles. The van der Waals surface area contributed by atoms with Gasteiger partial charge in [-0.05, 0) is 30.5 Å². The maximum absolute atomic E-state index is 12.0. The van der Waals surface area contributed by atoms with E-state index in [0.29, 0.717) is 13.0 Å². The summed E-state index contributed by atoms with van der Waals surface area (Å²) in [6.45, 7) is 0.583. The maximum Gasteiger partial charge on any atom is 0.305 e. The van der Waals surface area contributed by atoms with Crippen LogP contribution in [0.3, 0.4) is 0 Å². The number of halogens is 1. The van der Waals surface area contributed by atoms with Gasteiger partial charge in [0, 0.05) is 11.1 Å². The van der Waals surface area contributed by atoms with Crippen LogP contribution in [0.15, 0.2) is 28.7 Å². The largest absolute Gasteiger partial charge is 0.481 e. The van der Waals surface area contributed by atoms with Crippen LogP contribution in [-0.2, 0) is 14.3 Å². The number of benzene rings is 1. The number of hydrogen-bond donors (Lipinski definition) is 2. The van der Waals surface area contributed by atoms with Gasteiger partial charge in [0.2, 0.25) is 5.91 Å². The Kier molecular flexibility index (Phi) is 5.14. The van der Waals surface area contributed by atoms with Crippen molar-refractivity contribution in [2.75, 3.05) is 6.61 Å². The summed E-state index contributed by atoms with van der Waals surface area (Å²) in [5, 5.41) is 11.8. The monoisotopic (exact) mass is 341 g/mol. The molecular weight excluding hydrogens is 326 g/mol. The van der Waals surface area contributed by atoms with Gasteiger partial charge in [0.15, 0.2) is 0 Å². The second-order valence-electron chi connectivity index (χ2n) is 4.71. The van der Waals surface area contributed by atoms with E-state index in [1.54, 1.807) is 12.1 Å². The molecule has 1 saturated heterocycles. The number of carboxylic acid groups (broad SMARTS) is 1. The molecule has 0 spiro atoms. The average molecular weight is 342 g/mol. The number of ether oxygens (including phenoxy) is 1. The number of hydrogen-bond acceptors (Lipinski definition) is 3. The SMILES string of the molecule is O=C(O)C[C@H](NC(=O)[C@H]1CCCO1)c1ccc(Br)cc1. The molecule has 2 N–H and O–H groups in total. The number of nitrogens with one attached hydrogen (secondary N) is 1. The Labute approximate surface area is 125 Å². The van der Waals surface area contributed by atoms with Crippen LogP contribution in [0, 0.1) is 0 Å². The van der Waals surface area contributed by atoms with E-state index in [0.717, 1.165) is 16.5 Å². The van der Waals surface area contributed by atoms with Crippen LogP contribution in [0.2, 0.25) is 0 Å². The highest BCUT2D eigenvalue weighted by Gasteiger charge is 2.27. The van der Waals surface area contributed by atoms with E-state index in [9.17, 15) is 9.59 Å². The molecule has 2 rings (SSSR count). The first-order valence-corrected chi connectivity index (χ1v) is 7.25. The second kappa shape index (κ2) is 6.85. The normalized spacial score (nSPS) is 19.6. The molecule has 6 heteroatoms. The third kappa shape index (κ3) is 4.05. The minimum Gasteiger partial charge on any atom is -0.481 e. The highest BCUT2D eigenvalue weighted by atomic mass is 79.9. The lowest BCUT2D eigenvalue weighted by Gasteiger charge is -2.19. The van der Waals surface area contributed by atoms with Crippen LogP contribution in [-0.4, -0.2) is 29.7 Å². The predicted octanol–water partition coefficient (Wildman–Crippen LogP) is 2.26. The zero-order valence-corrected chi connectivity index (χ0v) is 12.4. The van der Waals surface area contributed by atoms with Crippen molar-refractivity contribution in [2.45, 2.75) is 31.4 Å². The lowest BCUT2D eigenvalue weighted by atomic mass is 10.0. The predicted molar refractivity (Wildman–Crippen MR) is 76.3 cm³/mol. The summed E-state index contributed by atoms with van der Waals surface area (Å²) in [7, 11) is 0. The number of carboxylic acids is 1. The standard InChI is InChI=1S/C14H16BrNO4/c15-10-5-3-9(4-6-10)11(8-13(17)18)16-14(19)12-2-1-7-20-12/h3-6,11-12H,1-2,7-8H2,(H,16,19)(H,17,18)/t11-,12+/m0/s1. The molecular formula is C14H16BrNO4. The molecule has 1 aromatic rings. The van der Waals surface area contributed by atoms with Gasteiger partial charge in [-0.25, -0.2) is 0 Å². The number of rotatable bonds is 5. The van der Waals surface area contributed by atoms with E-state index in [1.165, 1.54) is 0 Å². The fourth-order valence-electron chi connectivity index (χ4n) is 2.17. The minimum absolute atomic E-state index is 0.153. The third-order valence-electron chi connectivity index (χ3n) is 3.19. The van der Waals surface area contributed by atoms with Crippen molar-refractivity contribution in [1.29, 1.82) is 0 Å². The molecule has 5 nitrogen and oxygen atoms in total. The van der Waals surface area contributed by atoms with Gasteiger partial charge < -0.3 is 15.2 Å². The quantitative estimate of drug-likeness (QED) is 0.861. The highest BCUT2D eigenvalue weighted by Crippen LogP contribution is 2.21. The van der Waals surface area contributed by atoms with Crippen molar-refractivity contribution in [3.63, 3.8) is 0 Å². The molecule has 108 valence electrons. The molecule has 0 radical (unpaired) electrons. The molecule has 0 aromatic heterocycles. The lowest BCUT2D eigenvalue weighted by molar-refractivity contribution is -0.138. The van der Waals surface area contributed by atoms with Gasteiger partial charge in [-0.1, -0.05) is 28.1 Å². The molecule has 0 unspecified atom stereocenters. The van der Waals surface area contributed by atoms with Gasteiger partial charge in [0.1, 0.15) is 6.10 Å². The Balaban J connectivity index is 2.08. The lowest BCUT2D eigenvalue weighted by Crippen LogP contribution is -2.37. The molecule has 1 aromatic carbocycles. The molecule has 1 fully saturated rings. The first-order valence-electron chi connectivity index (χ1n) is 6.45. The molecule has 0 aliphatic carbocycles. The molecule has 1 aliphatic rings. The van der Waals surface area contributed by atoms with Gasteiger partial charge in [-0.3, -0.25) is 9.59 Å². The average Bonchev–Trinajstić information content (AvgIpc) is 2.92. The molecule has 1 aliphatic heterocycles. The Morgan fingerprint density at radius 2 is 2.10 bits per heavy atom. The topological polar surface area (TPSA) is 75.6 Å². The number of amides is 1. The van der Waals surface area contributed by atoms with Gasteiger partial charge in [-0.2, -0.15) is 0 Å². The summed E-state index contributed by atoms with van der Waals surface area (Å²) in [6.07, 6.45) is 0.938. The summed E-state index contributed by atoms with van der Waals surface area (Å²) in [4.78, 5) is 23.0. The smallest absolute Gasteiger partial charge is 0.305 e. The number of carbonyl (C=O) groups excluding carboxylic acids is 1. The first kappa shape index (κ1) is 15.0. The molecule has 20 heavy (non-hydrogen) atoms. The summed E-state index contributed by atoms with van der Waals surface area (Å²) >= 11 is 3.33. The van der Waals surface area contributed by atoms with Crippen LogP contribution < -0.4 is 5.32 Å². The summed E-state index contributed by atoms with van der Waals surface area (Å²) in [5.41, 5.74) is 0.766. The fraction of sp³-hybridized carbons (Fsp3) is 0.429. The van der Waals surface area contributed by atoms with Crippen LogP contribution in [0.25, 0.3) is 0 Å². The van der Waals surface area contributed by atoms with Gasteiger partial charge >= 0.3 is 5.97 Å². The van der Waals surface area contributed by atoms with E-state index >= 15 is 0 Å². The number of aliphatic carboxylic acids is 1. The van der Waals surface area contributed by atoms with Crippen LogP contribution in [0.1, 0.15) is 30.9 Å². The van der Waals surface area contributed by atoms with E-state index in [2.05, 4.69) is 21.2 Å². The Morgan fingerprint density at radius 1 is 1.40 bits per heavy atom. The van der Waals surface area contributed by atoms with E-state index in [4.69, 9.17) is 9.84 Å². The fourth-order valence-corrected chi connectivity index (χ4v) is 2.44. The zero-order valence-electron chi connectivity index (χ0n) is 10.8. The minimum atomic E-state index is -0.953. The third-order valence-corrected chi connectivity index (χ3v) is 3.72. The van der Waals surface area contributed by atoms with Crippen molar-refractivity contribution in [1.82, 2.24) is 5.32 Å². The van der Waals surface area contributed by atoms with Crippen LogP contribution >= 0.6 is 15.9 Å². The maximum atomic E-state index is 12.0. The van der Waals surface area contributed by atoms with Crippen molar-refractivity contribution in [3.05, 3.63) is 34.3 Å². The molecule has 0 bridgehead atoms. The van der Waals surface area contributed by atoms with Crippen molar-refractivity contribution in [3.8, 4) is 0 Å². The molecule has 2 atom stereocenters. The Morgan fingerprint density at radius 3 is 2.65 bits per heavy atom. The van der Waals surface area contributed by atoms with Crippen LogP contribution in [0.5, 0.6) is 0 Å². The van der Waals surface area contributed by atoms with Gasteiger partial charge in [0.05, 0.1) is 12.5 Å². The second-order valence-corrected chi connectivity index (χ2v) is 5.63. The first-order chi connectivity index (χ1) is 9.56. The van der Waals surface area contributed by atoms with E-state index in [-0.39, 0.29) is 12.3 Å². The Hall–Kier alpha value is -1.40. The Bertz CT molecular complexity index is 482. The molecule has 1 amide bonds. The molecule has 0 saturated carbocycles. The highest BCUT2D eigenvalue weighted by molar-refractivity contribution is 9.10. The zero-order chi connectivity index (χ0) is 14.5. The van der Waals surface area contributed by atoms with Crippen molar-refractivity contribution >= 4 is 27.8 Å². The van der Waals surface area contributed by atoms with Gasteiger partial charge in [-0.15, -0.1) is 0 Å². The van der Waals surface area contributed by atoms with E-state index < -0.39 is 18.1 Å². The summed E-state index contributed by atoms with van der Waals surface area (Å²) < 4.78 is 6.21. The van der Waals surface area contributed by atoms with Crippen molar-refractivity contribution < 1.29 is 19.4 Å². The van der Waals surface area contributed by atoms with E-state index in [1.807, 2.05) is 12.1 Å². The van der Waals surface area contributed by atoms with Gasteiger partial charge in [0.25, 0.3) is 0 Å². The summed E-state index contributed by atoms with van der Waals surface area (Å²) in [5.74, 6) is -1.19. The van der Waals surface area contributed by atoms with Crippen molar-refractivity contribution in [2.24, 2.45) is 0 Å². The summed E-state index contributed by atoms with van der Waals surface area (Å²) in [6, 6.07) is 6.70. The number of carbonyl (C=O) groups is 2.